The standard InChI is InChI=1S/C5H8O3.Cu.2H2O/c1-3(4(2)6)5(7)8;;;/h3H,1-2H3,(H,7,8);;2*1H2. The minimum absolute atomic E-state index is 0. The molecule has 5 N–H and O–H groups in total. The summed E-state index contributed by atoms with van der Waals surface area (Å²) >= 11 is 0. The smallest absolute Gasteiger partial charge is 0.313 e. The van der Waals surface area contributed by atoms with Gasteiger partial charge in [-0.1, -0.05) is 0 Å². The molecule has 0 bridgehead atoms. The molecule has 0 amide bonds. The van der Waals surface area contributed by atoms with Gasteiger partial charge in [-0.3, -0.25) is 9.59 Å². The van der Waals surface area contributed by atoms with Crippen LogP contribution in [0.1, 0.15) is 13.8 Å². The Morgan fingerprint density at radius 1 is 1.27 bits per heavy atom. The first-order valence-corrected chi connectivity index (χ1v) is 2.29. The van der Waals surface area contributed by atoms with Crippen LogP contribution in [0, 0.1) is 5.92 Å². The van der Waals surface area contributed by atoms with E-state index in [2.05, 4.69) is 0 Å². The van der Waals surface area contributed by atoms with E-state index in [0.717, 1.165) is 0 Å². The summed E-state index contributed by atoms with van der Waals surface area (Å²) in [5.74, 6) is -2.22. The monoisotopic (exact) mass is 215 g/mol. The Morgan fingerprint density at radius 2 is 1.55 bits per heavy atom. The summed E-state index contributed by atoms with van der Waals surface area (Å²) in [6, 6.07) is 0. The van der Waals surface area contributed by atoms with Crippen LogP contribution in [0.3, 0.4) is 0 Å². The molecule has 0 aliphatic heterocycles. The predicted molar refractivity (Wildman–Crippen MR) is 34.7 cm³/mol. The average Bonchev–Trinajstić information content (AvgIpc) is 1.64. The van der Waals surface area contributed by atoms with Crippen LogP contribution >= 0.6 is 0 Å². The number of hydrogen-bond donors (Lipinski definition) is 1. The molecule has 73 valence electrons. The number of carbonyl (C=O) groups is 2. The van der Waals surface area contributed by atoms with Crippen molar-refractivity contribution in [1.29, 1.82) is 0 Å². The molecule has 0 saturated carbocycles. The van der Waals surface area contributed by atoms with Crippen LogP contribution in [0.15, 0.2) is 0 Å². The molecule has 6 heteroatoms. The molecule has 0 aliphatic rings. The van der Waals surface area contributed by atoms with Gasteiger partial charge in [0.05, 0.1) is 0 Å². The first kappa shape index (κ1) is 22.4. The zero-order chi connectivity index (χ0) is 6.73. The average molecular weight is 216 g/mol. The van der Waals surface area contributed by atoms with Gasteiger partial charge in [0.2, 0.25) is 0 Å². The Bertz CT molecular complexity index is 110. The molecule has 0 saturated heterocycles. The Hall–Kier alpha value is -0.421. The number of carbonyl (C=O) groups excluding carboxylic acids is 1. The molecule has 1 radical (unpaired) electrons. The Labute approximate surface area is 74.9 Å². The first-order valence-electron chi connectivity index (χ1n) is 2.29. The minimum Gasteiger partial charge on any atom is -0.481 e. The van der Waals surface area contributed by atoms with Gasteiger partial charge in [0.25, 0.3) is 0 Å². The second-order valence-electron chi connectivity index (χ2n) is 1.67. The van der Waals surface area contributed by atoms with E-state index in [9.17, 15) is 9.59 Å². The molecule has 11 heavy (non-hydrogen) atoms. The van der Waals surface area contributed by atoms with Crippen LogP contribution in [0.4, 0.5) is 0 Å². The SMILES string of the molecule is CC(=O)C(C)C(=O)O.O.O.[Cu]. The van der Waals surface area contributed by atoms with Crippen molar-refractivity contribution in [1.82, 2.24) is 0 Å². The minimum atomic E-state index is -1.06. The number of hydrogen-bond acceptors (Lipinski definition) is 2. The third-order valence-corrected chi connectivity index (χ3v) is 0.980. The van der Waals surface area contributed by atoms with Crippen LogP contribution in [0.25, 0.3) is 0 Å². The van der Waals surface area contributed by atoms with Gasteiger partial charge in [0.1, 0.15) is 11.7 Å². The first-order chi connectivity index (χ1) is 3.55. The fraction of sp³-hybridized carbons (Fsp3) is 0.600. The number of carboxylic acids is 1. The van der Waals surface area contributed by atoms with Crippen molar-refractivity contribution in [2.45, 2.75) is 13.8 Å². The molecule has 1 atom stereocenters. The van der Waals surface area contributed by atoms with Crippen LogP contribution in [-0.4, -0.2) is 27.8 Å². The summed E-state index contributed by atoms with van der Waals surface area (Å²) in [6.45, 7) is 2.63. The number of aliphatic carboxylic acids is 1. The zero-order valence-electron chi connectivity index (χ0n) is 6.14. The summed E-state index contributed by atoms with van der Waals surface area (Å²) in [4.78, 5) is 20.1. The topological polar surface area (TPSA) is 117 Å². The predicted octanol–water partition coefficient (Wildman–Crippen LogP) is -1.36. The molecule has 0 aromatic heterocycles. The van der Waals surface area contributed by atoms with E-state index in [0.29, 0.717) is 0 Å². The maximum absolute atomic E-state index is 10.2. The fourth-order valence-corrected chi connectivity index (χ4v) is 0.174. The Kier molecular flexibility index (Phi) is 19.5. The number of rotatable bonds is 2. The normalized spacial score (nSPS) is 9.27. The zero-order valence-corrected chi connectivity index (χ0v) is 7.08. The summed E-state index contributed by atoms with van der Waals surface area (Å²) in [6.07, 6.45) is 0. The van der Waals surface area contributed by atoms with Crippen molar-refractivity contribution in [3.63, 3.8) is 0 Å². The van der Waals surface area contributed by atoms with Gasteiger partial charge >= 0.3 is 5.97 Å². The molecule has 0 aromatic carbocycles. The summed E-state index contributed by atoms with van der Waals surface area (Å²) < 4.78 is 0. The molecule has 0 fully saturated rings. The molecule has 0 aromatic rings. The van der Waals surface area contributed by atoms with Gasteiger partial charge in [-0.25, -0.2) is 0 Å². The van der Waals surface area contributed by atoms with E-state index < -0.39 is 11.9 Å². The van der Waals surface area contributed by atoms with E-state index in [1.54, 1.807) is 0 Å². The van der Waals surface area contributed by atoms with Gasteiger partial charge in [0, 0.05) is 17.1 Å². The second kappa shape index (κ2) is 9.58. The van der Waals surface area contributed by atoms with Crippen LogP contribution < -0.4 is 0 Å². The second-order valence-corrected chi connectivity index (χ2v) is 1.67. The van der Waals surface area contributed by atoms with Crippen molar-refractivity contribution in [2.75, 3.05) is 0 Å². The van der Waals surface area contributed by atoms with E-state index in [-0.39, 0.29) is 33.8 Å². The maximum Gasteiger partial charge on any atom is 0.313 e. The van der Waals surface area contributed by atoms with E-state index >= 15 is 0 Å². The van der Waals surface area contributed by atoms with Crippen LogP contribution in [0.2, 0.25) is 0 Å². The number of carboxylic acid groups (broad SMARTS) is 1. The van der Waals surface area contributed by atoms with Gasteiger partial charge in [0.15, 0.2) is 0 Å². The molecule has 5 nitrogen and oxygen atoms in total. The van der Waals surface area contributed by atoms with Gasteiger partial charge < -0.3 is 16.1 Å². The molecule has 0 aliphatic carbocycles. The van der Waals surface area contributed by atoms with E-state index in [4.69, 9.17) is 5.11 Å². The van der Waals surface area contributed by atoms with Crippen LogP contribution in [-0.2, 0) is 26.7 Å². The van der Waals surface area contributed by atoms with E-state index in [1.165, 1.54) is 13.8 Å². The quantitative estimate of drug-likeness (QED) is 0.453. The molecular weight excluding hydrogens is 204 g/mol. The van der Waals surface area contributed by atoms with Crippen molar-refractivity contribution in [2.24, 2.45) is 5.92 Å². The summed E-state index contributed by atoms with van der Waals surface area (Å²) in [5.41, 5.74) is 0. The molecule has 0 spiro atoms. The Morgan fingerprint density at radius 3 is 1.55 bits per heavy atom. The van der Waals surface area contributed by atoms with E-state index in [1.807, 2.05) is 0 Å². The third-order valence-electron chi connectivity index (χ3n) is 0.980. The number of Topliss-reactive ketones (excluding diaryl/α,β-unsaturated/α-hetero) is 1. The third kappa shape index (κ3) is 9.58. The van der Waals surface area contributed by atoms with Crippen molar-refractivity contribution >= 4 is 11.8 Å². The Balaban J connectivity index is -0.0000000817. The van der Waals surface area contributed by atoms with Gasteiger partial charge in [-0.2, -0.15) is 0 Å². The van der Waals surface area contributed by atoms with Crippen molar-refractivity contribution in [3.05, 3.63) is 0 Å². The maximum atomic E-state index is 10.2. The molecule has 1 unspecified atom stereocenters. The molecule has 0 rings (SSSR count). The largest absolute Gasteiger partial charge is 0.481 e. The summed E-state index contributed by atoms with van der Waals surface area (Å²) in [5, 5.41) is 8.13. The van der Waals surface area contributed by atoms with Crippen molar-refractivity contribution in [3.8, 4) is 0 Å². The summed E-state index contributed by atoms with van der Waals surface area (Å²) in [7, 11) is 0. The molecular formula is C5H12CuO5. The van der Waals surface area contributed by atoms with Crippen molar-refractivity contribution < 1.29 is 42.7 Å². The van der Waals surface area contributed by atoms with Gasteiger partial charge in [-0.15, -0.1) is 0 Å². The molecule has 0 heterocycles. The van der Waals surface area contributed by atoms with Gasteiger partial charge in [-0.05, 0) is 13.8 Å². The fourth-order valence-electron chi connectivity index (χ4n) is 0.174. The number of ketones is 1. The van der Waals surface area contributed by atoms with Crippen LogP contribution in [0.5, 0.6) is 0 Å².